The molecule has 0 atom stereocenters. The Morgan fingerprint density at radius 3 is 2.87 bits per heavy atom. The quantitative estimate of drug-likeness (QED) is 0.754. The zero-order valence-electron chi connectivity index (χ0n) is 8.06. The fourth-order valence-electron chi connectivity index (χ4n) is 1.97. The van der Waals surface area contributed by atoms with Crippen molar-refractivity contribution in [1.82, 2.24) is 4.98 Å². The summed E-state index contributed by atoms with van der Waals surface area (Å²) < 4.78 is 0. The lowest BCUT2D eigenvalue weighted by molar-refractivity contribution is 0.955. The Morgan fingerprint density at radius 1 is 1.20 bits per heavy atom. The van der Waals surface area contributed by atoms with Gasteiger partial charge in [0.15, 0.2) is 5.13 Å². The van der Waals surface area contributed by atoms with Crippen molar-refractivity contribution in [3.05, 3.63) is 34.7 Å². The third-order valence-electron chi connectivity index (χ3n) is 2.61. The Balaban J connectivity index is 0.000000853. The van der Waals surface area contributed by atoms with Gasteiger partial charge in [-0.1, -0.05) is 24.3 Å². The molecule has 1 aromatic carbocycles. The first-order chi connectivity index (χ1) is 6.84. The van der Waals surface area contributed by atoms with Crippen LogP contribution in [-0.4, -0.2) is 4.98 Å². The molecule has 1 aliphatic rings. The molecule has 0 saturated heterocycles. The molecule has 0 spiro atoms. The summed E-state index contributed by atoms with van der Waals surface area (Å²) in [7, 11) is 0. The molecule has 78 valence electrons. The van der Waals surface area contributed by atoms with Crippen molar-refractivity contribution < 1.29 is 0 Å². The van der Waals surface area contributed by atoms with Crippen LogP contribution in [0.25, 0.3) is 11.3 Å². The van der Waals surface area contributed by atoms with Gasteiger partial charge in [0.25, 0.3) is 0 Å². The van der Waals surface area contributed by atoms with E-state index in [4.69, 9.17) is 5.73 Å². The second kappa shape index (κ2) is 4.09. The lowest BCUT2D eigenvalue weighted by Gasteiger charge is -2.13. The molecule has 0 amide bonds. The number of fused-ring (bicyclic) bond motifs is 3. The van der Waals surface area contributed by atoms with E-state index >= 15 is 0 Å². The molecule has 1 aromatic heterocycles. The fourth-order valence-corrected chi connectivity index (χ4v) is 2.81. The second-order valence-electron chi connectivity index (χ2n) is 3.48. The highest BCUT2D eigenvalue weighted by atomic mass is 127. The molecular formula is C11H11IN2S. The Labute approximate surface area is 110 Å². The summed E-state index contributed by atoms with van der Waals surface area (Å²) in [5.41, 5.74) is 9.49. The predicted molar refractivity (Wildman–Crippen MR) is 74.8 cm³/mol. The summed E-state index contributed by atoms with van der Waals surface area (Å²) in [6.45, 7) is 0. The number of benzene rings is 1. The number of anilines is 1. The van der Waals surface area contributed by atoms with E-state index in [1.54, 1.807) is 11.3 Å². The van der Waals surface area contributed by atoms with Crippen LogP contribution < -0.4 is 5.73 Å². The van der Waals surface area contributed by atoms with Gasteiger partial charge in [-0.05, 0) is 18.4 Å². The Hall–Kier alpha value is -0.620. The highest BCUT2D eigenvalue weighted by Gasteiger charge is 2.19. The van der Waals surface area contributed by atoms with Gasteiger partial charge < -0.3 is 5.73 Å². The van der Waals surface area contributed by atoms with E-state index < -0.39 is 0 Å². The number of nitrogens with zero attached hydrogens (tertiary/aromatic N) is 1. The van der Waals surface area contributed by atoms with Crippen LogP contribution in [0.5, 0.6) is 0 Å². The van der Waals surface area contributed by atoms with Crippen LogP contribution in [0.2, 0.25) is 0 Å². The first-order valence-electron chi connectivity index (χ1n) is 4.68. The van der Waals surface area contributed by atoms with Crippen molar-refractivity contribution >= 4 is 40.4 Å². The maximum absolute atomic E-state index is 5.72. The number of halogens is 1. The number of nitrogens with two attached hydrogens (primary N) is 1. The van der Waals surface area contributed by atoms with Crippen LogP contribution in [-0.2, 0) is 12.8 Å². The van der Waals surface area contributed by atoms with Crippen molar-refractivity contribution in [2.24, 2.45) is 0 Å². The normalized spacial score (nSPS) is 12.5. The summed E-state index contributed by atoms with van der Waals surface area (Å²) in [6, 6.07) is 8.45. The average molecular weight is 330 g/mol. The van der Waals surface area contributed by atoms with Crippen LogP contribution in [0.3, 0.4) is 0 Å². The molecule has 0 radical (unpaired) electrons. The molecule has 0 unspecified atom stereocenters. The molecule has 15 heavy (non-hydrogen) atoms. The van der Waals surface area contributed by atoms with Gasteiger partial charge in [-0.2, -0.15) is 0 Å². The van der Waals surface area contributed by atoms with E-state index in [1.807, 2.05) is 0 Å². The van der Waals surface area contributed by atoms with E-state index in [1.165, 1.54) is 16.0 Å². The lowest BCUT2D eigenvalue weighted by Crippen LogP contribution is -2.01. The highest BCUT2D eigenvalue weighted by molar-refractivity contribution is 14.0. The lowest BCUT2D eigenvalue weighted by atomic mass is 9.94. The first-order valence-corrected chi connectivity index (χ1v) is 5.50. The predicted octanol–water partition coefficient (Wildman–Crippen LogP) is 3.11. The van der Waals surface area contributed by atoms with E-state index in [-0.39, 0.29) is 24.0 Å². The Bertz CT molecular complexity index is 493. The fraction of sp³-hybridized carbons (Fsp3) is 0.182. The van der Waals surface area contributed by atoms with Gasteiger partial charge in [0.05, 0.1) is 5.69 Å². The van der Waals surface area contributed by atoms with Crippen LogP contribution in [0.1, 0.15) is 10.4 Å². The third-order valence-corrected chi connectivity index (χ3v) is 3.55. The van der Waals surface area contributed by atoms with Crippen LogP contribution >= 0.6 is 35.3 Å². The monoisotopic (exact) mass is 330 g/mol. The Morgan fingerprint density at radius 2 is 2.00 bits per heavy atom. The summed E-state index contributed by atoms with van der Waals surface area (Å²) in [5.74, 6) is 0. The van der Waals surface area contributed by atoms with Gasteiger partial charge >= 0.3 is 0 Å². The van der Waals surface area contributed by atoms with E-state index in [9.17, 15) is 0 Å². The van der Waals surface area contributed by atoms with Crippen LogP contribution in [0.4, 0.5) is 5.13 Å². The van der Waals surface area contributed by atoms with Gasteiger partial charge in [0.2, 0.25) is 0 Å². The summed E-state index contributed by atoms with van der Waals surface area (Å²) in [5, 5.41) is 0.687. The van der Waals surface area contributed by atoms with Gasteiger partial charge in [0.1, 0.15) is 0 Å². The van der Waals surface area contributed by atoms with Gasteiger partial charge in [-0.3, -0.25) is 0 Å². The van der Waals surface area contributed by atoms with Crippen molar-refractivity contribution in [3.8, 4) is 11.3 Å². The van der Waals surface area contributed by atoms with E-state index in [0.29, 0.717) is 5.13 Å². The number of rotatable bonds is 0. The number of thiazole rings is 1. The molecule has 2 nitrogen and oxygen atoms in total. The van der Waals surface area contributed by atoms with Crippen LogP contribution in [0.15, 0.2) is 24.3 Å². The summed E-state index contributed by atoms with van der Waals surface area (Å²) in [4.78, 5) is 5.72. The molecule has 1 heterocycles. The molecule has 1 aliphatic carbocycles. The Kier molecular flexibility index (Phi) is 2.97. The minimum Gasteiger partial charge on any atom is -0.375 e. The maximum atomic E-state index is 5.72. The first kappa shape index (κ1) is 10.9. The zero-order valence-corrected chi connectivity index (χ0v) is 11.2. The minimum absolute atomic E-state index is 0. The van der Waals surface area contributed by atoms with Gasteiger partial charge in [-0.15, -0.1) is 35.3 Å². The molecule has 0 saturated carbocycles. The molecule has 2 aromatic rings. The average Bonchev–Trinajstić information content (AvgIpc) is 2.59. The van der Waals surface area contributed by atoms with Crippen molar-refractivity contribution in [3.63, 3.8) is 0 Å². The standard InChI is InChI=1S/C11H10N2S.HI/c12-11-13-10-8-4-2-1-3-7(8)5-6-9(10)14-11;/h1-4H,5-6H2,(H2,12,13);1H. The third kappa shape index (κ3) is 1.76. The molecule has 0 aliphatic heterocycles. The minimum atomic E-state index is 0. The van der Waals surface area contributed by atoms with Crippen molar-refractivity contribution in [2.45, 2.75) is 12.8 Å². The second-order valence-corrected chi connectivity index (χ2v) is 4.60. The van der Waals surface area contributed by atoms with Crippen LogP contribution in [0, 0.1) is 0 Å². The largest absolute Gasteiger partial charge is 0.375 e. The highest BCUT2D eigenvalue weighted by Crippen LogP contribution is 2.36. The molecule has 3 rings (SSSR count). The number of hydrogen-bond acceptors (Lipinski definition) is 3. The van der Waals surface area contributed by atoms with Gasteiger partial charge in [0, 0.05) is 10.4 Å². The zero-order chi connectivity index (χ0) is 9.54. The number of aryl methyl sites for hydroxylation is 2. The topological polar surface area (TPSA) is 38.9 Å². The van der Waals surface area contributed by atoms with Crippen molar-refractivity contribution in [1.29, 1.82) is 0 Å². The molecular weight excluding hydrogens is 319 g/mol. The van der Waals surface area contributed by atoms with Crippen molar-refractivity contribution in [2.75, 3.05) is 5.73 Å². The SMILES string of the molecule is I.Nc1nc2c(s1)CCc1ccccc1-2. The smallest absolute Gasteiger partial charge is 0.180 e. The molecule has 0 bridgehead atoms. The summed E-state index contributed by atoms with van der Waals surface area (Å²) >= 11 is 1.62. The number of aromatic nitrogens is 1. The number of hydrogen-bond donors (Lipinski definition) is 1. The van der Waals surface area contributed by atoms with Gasteiger partial charge in [-0.25, -0.2) is 4.98 Å². The molecule has 2 N–H and O–H groups in total. The van der Waals surface area contributed by atoms with E-state index in [0.717, 1.165) is 18.5 Å². The maximum Gasteiger partial charge on any atom is 0.180 e. The summed E-state index contributed by atoms with van der Waals surface area (Å²) in [6.07, 6.45) is 2.20. The number of nitrogen functional groups attached to an aromatic ring is 1. The molecule has 4 heteroatoms. The molecule has 0 fully saturated rings. The van der Waals surface area contributed by atoms with E-state index in [2.05, 4.69) is 29.2 Å².